The molecule has 0 aliphatic carbocycles. The fourth-order valence-corrected chi connectivity index (χ4v) is 4.32. The summed E-state index contributed by atoms with van der Waals surface area (Å²) in [6.07, 6.45) is 4.22. The van der Waals surface area contributed by atoms with E-state index < -0.39 is 17.2 Å². The summed E-state index contributed by atoms with van der Waals surface area (Å²) in [5, 5.41) is 22.2. The van der Waals surface area contributed by atoms with Crippen LogP contribution in [0.1, 0.15) is 48.3 Å². The first kappa shape index (κ1) is 19.9. The molecule has 0 saturated carbocycles. The summed E-state index contributed by atoms with van der Waals surface area (Å²) in [5.41, 5.74) is -0.959. The molecule has 1 amide bonds. The van der Waals surface area contributed by atoms with Gasteiger partial charge in [0, 0.05) is 39.0 Å². The lowest BCUT2D eigenvalue weighted by atomic mass is 9.73. The van der Waals surface area contributed by atoms with Gasteiger partial charge >= 0.3 is 0 Å². The molecule has 0 bridgehead atoms. The van der Waals surface area contributed by atoms with Crippen LogP contribution in [0.5, 0.6) is 0 Å². The smallest absolute Gasteiger partial charge is 0.253 e. The van der Waals surface area contributed by atoms with E-state index in [1.54, 1.807) is 25.3 Å². The second kappa shape index (κ2) is 7.81. The van der Waals surface area contributed by atoms with E-state index in [1.165, 1.54) is 6.20 Å². The van der Waals surface area contributed by atoms with Crippen molar-refractivity contribution in [2.24, 2.45) is 0 Å². The Morgan fingerprint density at radius 2 is 2.14 bits per heavy atom. The standard InChI is InChI=1S/C20H27N5O4/c1-14-23-24-16(29-14)13-25-9-5-20(6-10-25)18(27)19(2,7-11-28-20)22-17(26)15-4-3-8-21-12-15/h3-4,8,12,18,27H,5-7,9-11,13H2,1-2H3,(H,22,26)/t18-,19+/m0/s1. The molecule has 2 aliphatic rings. The molecule has 2 atom stereocenters. The first-order chi connectivity index (χ1) is 13.9. The van der Waals surface area contributed by atoms with Gasteiger partial charge in [-0.15, -0.1) is 10.2 Å². The molecule has 0 unspecified atom stereocenters. The van der Waals surface area contributed by atoms with E-state index in [-0.39, 0.29) is 5.91 Å². The largest absolute Gasteiger partial charge is 0.424 e. The van der Waals surface area contributed by atoms with E-state index >= 15 is 0 Å². The maximum absolute atomic E-state index is 12.7. The normalized spacial score (nSPS) is 27.1. The number of aryl methyl sites for hydroxylation is 1. The van der Waals surface area contributed by atoms with Crippen molar-refractivity contribution in [3.63, 3.8) is 0 Å². The van der Waals surface area contributed by atoms with Crippen molar-refractivity contribution in [1.82, 2.24) is 25.4 Å². The highest BCUT2D eigenvalue weighted by molar-refractivity contribution is 5.94. The molecule has 2 aromatic rings. The average Bonchev–Trinajstić information content (AvgIpc) is 3.13. The van der Waals surface area contributed by atoms with Gasteiger partial charge in [0.25, 0.3) is 5.91 Å². The zero-order chi connectivity index (χ0) is 20.5. The Kier molecular flexibility index (Phi) is 5.37. The van der Waals surface area contributed by atoms with Crippen LogP contribution >= 0.6 is 0 Å². The lowest BCUT2D eigenvalue weighted by molar-refractivity contribution is -0.206. The molecule has 2 fully saturated rings. The van der Waals surface area contributed by atoms with E-state index in [1.807, 2.05) is 6.92 Å². The highest BCUT2D eigenvalue weighted by Crippen LogP contribution is 2.40. The SMILES string of the molecule is Cc1nnc(CN2CCC3(CC2)OCC[C@@](C)(NC(=O)c2cccnc2)[C@@H]3O)o1. The van der Waals surface area contributed by atoms with Gasteiger partial charge in [0.05, 0.1) is 23.2 Å². The van der Waals surface area contributed by atoms with Gasteiger partial charge in [-0.05, 0) is 38.3 Å². The third-order valence-electron chi connectivity index (χ3n) is 6.06. The van der Waals surface area contributed by atoms with Gasteiger partial charge in [-0.2, -0.15) is 0 Å². The Balaban J connectivity index is 1.41. The summed E-state index contributed by atoms with van der Waals surface area (Å²) in [4.78, 5) is 18.9. The van der Waals surface area contributed by atoms with Gasteiger partial charge in [0.1, 0.15) is 6.10 Å². The Morgan fingerprint density at radius 1 is 1.34 bits per heavy atom. The molecule has 9 heteroatoms. The predicted octanol–water partition coefficient (Wildman–Crippen LogP) is 1.08. The number of aliphatic hydroxyl groups excluding tert-OH is 1. The topological polar surface area (TPSA) is 114 Å². The summed E-state index contributed by atoms with van der Waals surface area (Å²) in [7, 11) is 0. The third kappa shape index (κ3) is 4.03. The number of hydrogen-bond acceptors (Lipinski definition) is 8. The van der Waals surface area contributed by atoms with Crippen molar-refractivity contribution in [1.29, 1.82) is 0 Å². The highest BCUT2D eigenvalue weighted by Gasteiger charge is 2.53. The number of piperidine rings is 1. The van der Waals surface area contributed by atoms with Crippen LogP contribution in [0.2, 0.25) is 0 Å². The molecule has 0 radical (unpaired) electrons. The van der Waals surface area contributed by atoms with Crippen molar-refractivity contribution in [3.8, 4) is 0 Å². The summed E-state index contributed by atoms with van der Waals surface area (Å²) in [6, 6.07) is 3.44. The monoisotopic (exact) mass is 401 g/mol. The molecule has 2 saturated heterocycles. The molecular formula is C20H27N5O4. The maximum atomic E-state index is 12.7. The van der Waals surface area contributed by atoms with Crippen LogP contribution in [0.3, 0.4) is 0 Å². The second-order valence-electron chi connectivity index (χ2n) is 8.17. The van der Waals surface area contributed by atoms with Crippen molar-refractivity contribution < 1.29 is 19.1 Å². The van der Waals surface area contributed by atoms with Crippen molar-refractivity contribution in [3.05, 3.63) is 41.9 Å². The van der Waals surface area contributed by atoms with E-state index in [4.69, 9.17) is 9.15 Å². The number of rotatable bonds is 4. The predicted molar refractivity (Wildman–Crippen MR) is 103 cm³/mol. The Bertz CT molecular complexity index is 850. The number of nitrogens with one attached hydrogen (secondary N) is 1. The first-order valence-corrected chi connectivity index (χ1v) is 9.96. The number of hydrogen-bond donors (Lipinski definition) is 2. The van der Waals surface area contributed by atoms with Crippen molar-refractivity contribution >= 4 is 5.91 Å². The lowest BCUT2D eigenvalue weighted by Crippen LogP contribution is -2.69. The summed E-state index contributed by atoms with van der Waals surface area (Å²) >= 11 is 0. The van der Waals surface area contributed by atoms with Crippen LogP contribution in [0.4, 0.5) is 0 Å². The van der Waals surface area contributed by atoms with E-state index in [9.17, 15) is 9.90 Å². The summed E-state index contributed by atoms with van der Waals surface area (Å²) in [5.74, 6) is 0.915. The van der Waals surface area contributed by atoms with Gasteiger partial charge in [-0.1, -0.05) is 0 Å². The second-order valence-corrected chi connectivity index (χ2v) is 8.17. The fraction of sp³-hybridized carbons (Fsp3) is 0.600. The minimum Gasteiger partial charge on any atom is -0.424 e. The van der Waals surface area contributed by atoms with Crippen molar-refractivity contribution in [2.45, 2.75) is 56.9 Å². The molecule has 2 aliphatic heterocycles. The number of amides is 1. The number of aromatic nitrogens is 3. The van der Waals surface area contributed by atoms with Gasteiger partial charge in [-0.3, -0.25) is 14.7 Å². The minimum atomic E-state index is -0.808. The molecular weight excluding hydrogens is 374 g/mol. The number of likely N-dealkylation sites (tertiary alicyclic amines) is 1. The zero-order valence-electron chi connectivity index (χ0n) is 16.8. The number of aliphatic hydroxyl groups is 1. The van der Waals surface area contributed by atoms with Gasteiger partial charge < -0.3 is 19.6 Å². The molecule has 156 valence electrons. The van der Waals surface area contributed by atoms with E-state index in [2.05, 4.69) is 25.4 Å². The van der Waals surface area contributed by atoms with Crippen LogP contribution in [-0.2, 0) is 11.3 Å². The quantitative estimate of drug-likeness (QED) is 0.782. The van der Waals surface area contributed by atoms with Gasteiger partial charge in [0.2, 0.25) is 11.8 Å². The average molecular weight is 401 g/mol. The number of carbonyl (C=O) groups is 1. The molecule has 0 aromatic carbocycles. The van der Waals surface area contributed by atoms with E-state index in [0.717, 1.165) is 13.1 Å². The van der Waals surface area contributed by atoms with E-state index in [0.29, 0.717) is 49.8 Å². The Labute approximate surface area is 169 Å². The first-order valence-electron chi connectivity index (χ1n) is 9.96. The molecule has 4 rings (SSSR count). The van der Waals surface area contributed by atoms with Crippen LogP contribution < -0.4 is 5.32 Å². The molecule has 29 heavy (non-hydrogen) atoms. The zero-order valence-corrected chi connectivity index (χ0v) is 16.8. The number of ether oxygens (including phenoxy) is 1. The fourth-order valence-electron chi connectivity index (χ4n) is 4.32. The molecule has 9 nitrogen and oxygen atoms in total. The lowest BCUT2D eigenvalue weighted by Gasteiger charge is -2.53. The summed E-state index contributed by atoms with van der Waals surface area (Å²) < 4.78 is 11.6. The Morgan fingerprint density at radius 3 is 2.79 bits per heavy atom. The van der Waals surface area contributed by atoms with Crippen LogP contribution in [0.25, 0.3) is 0 Å². The molecule has 1 spiro atoms. The minimum absolute atomic E-state index is 0.235. The Hall–Kier alpha value is -2.36. The van der Waals surface area contributed by atoms with Crippen LogP contribution in [-0.4, -0.2) is 68.0 Å². The van der Waals surface area contributed by atoms with Crippen LogP contribution in [0.15, 0.2) is 28.9 Å². The molecule has 2 N–H and O–H groups in total. The van der Waals surface area contributed by atoms with Gasteiger partial charge in [0.15, 0.2) is 0 Å². The number of nitrogens with zero attached hydrogens (tertiary/aromatic N) is 4. The molecule has 4 heterocycles. The third-order valence-corrected chi connectivity index (χ3v) is 6.06. The van der Waals surface area contributed by atoms with Crippen molar-refractivity contribution in [2.75, 3.05) is 19.7 Å². The van der Waals surface area contributed by atoms with Crippen LogP contribution in [0, 0.1) is 6.92 Å². The van der Waals surface area contributed by atoms with Gasteiger partial charge in [-0.25, -0.2) is 0 Å². The maximum Gasteiger partial charge on any atom is 0.253 e. The number of pyridine rings is 1. The summed E-state index contributed by atoms with van der Waals surface area (Å²) in [6.45, 7) is 6.22. The molecule has 2 aromatic heterocycles. The number of carbonyl (C=O) groups excluding carboxylic acids is 1. The highest BCUT2D eigenvalue weighted by atomic mass is 16.5.